The van der Waals surface area contributed by atoms with Gasteiger partial charge in [-0.2, -0.15) is 4.98 Å². The second kappa shape index (κ2) is 9.00. The van der Waals surface area contributed by atoms with Gasteiger partial charge in [-0.25, -0.2) is 4.99 Å². The van der Waals surface area contributed by atoms with Crippen molar-refractivity contribution in [1.82, 2.24) is 20.4 Å². The van der Waals surface area contributed by atoms with Gasteiger partial charge in [0.05, 0.1) is 6.61 Å². The number of benzene rings is 1. The van der Waals surface area contributed by atoms with Gasteiger partial charge in [-0.15, -0.1) is 0 Å². The Labute approximate surface area is 158 Å². The molecule has 1 fully saturated rings. The minimum Gasteiger partial charge on any atom is -0.381 e. The van der Waals surface area contributed by atoms with Crippen molar-refractivity contribution >= 4 is 17.6 Å². The molecule has 2 heterocycles. The van der Waals surface area contributed by atoms with Crippen LogP contribution in [0.5, 0.6) is 0 Å². The average Bonchev–Trinajstić information content (AvgIpc) is 3.31. The zero-order valence-electron chi connectivity index (χ0n) is 15.1. The molecule has 0 saturated carbocycles. The van der Waals surface area contributed by atoms with Gasteiger partial charge in [0.2, 0.25) is 11.7 Å². The van der Waals surface area contributed by atoms with Gasteiger partial charge in [0.25, 0.3) is 0 Å². The number of aromatic nitrogens is 2. The van der Waals surface area contributed by atoms with E-state index in [1.807, 2.05) is 26.1 Å². The van der Waals surface area contributed by atoms with E-state index in [2.05, 4.69) is 25.3 Å². The third kappa shape index (κ3) is 4.95. The van der Waals surface area contributed by atoms with Gasteiger partial charge in [-0.05, 0) is 37.6 Å². The molecule has 0 aliphatic carbocycles. The summed E-state index contributed by atoms with van der Waals surface area (Å²) in [5.41, 5.74) is 0.860. The number of halogens is 1. The first kappa shape index (κ1) is 18.7. The van der Waals surface area contributed by atoms with Crippen LogP contribution in [0.15, 0.2) is 33.8 Å². The molecule has 1 unspecified atom stereocenters. The van der Waals surface area contributed by atoms with E-state index in [4.69, 9.17) is 20.9 Å². The van der Waals surface area contributed by atoms with E-state index in [0.29, 0.717) is 29.2 Å². The van der Waals surface area contributed by atoms with Crippen LogP contribution in [0.2, 0.25) is 5.02 Å². The van der Waals surface area contributed by atoms with Crippen LogP contribution in [0.4, 0.5) is 0 Å². The highest BCUT2D eigenvalue weighted by Gasteiger charge is 2.19. The van der Waals surface area contributed by atoms with Crippen LogP contribution in [0.3, 0.4) is 0 Å². The van der Waals surface area contributed by atoms with Crippen LogP contribution in [-0.2, 0) is 11.3 Å². The molecule has 0 bridgehead atoms. The molecule has 1 aliphatic heterocycles. The van der Waals surface area contributed by atoms with Gasteiger partial charge in [-0.3, -0.25) is 0 Å². The highest BCUT2D eigenvalue weighted by atomic mass is 35.5. The number of nitrogens with one attached hydrogen (secondary N) is 1. The Hall–Kier alpha value is -2.12. The summed E-state index contributed by atoms with van der Waals surface area (Å²) in [4.78, 5) is 11.2. The van der Waals surface area contributed by atoms with E-state index in [-0.39, 0.29) is 0 Å². The summed E-state index contributed by atoms with van der Waals surface area (Å²) >= 11 is 5.91. The van der Waals surface area contributed by atoms with Gasteiger partial charge in [-0.1, -0.05) is 16.8 Å². The first-order valence-corrected chi connectivity index (χ1v) is 9.19. The molecule has 1 N–H and O–H groups in total. The minimum atomic E-state index is 0.328. The standard InChI is InChI=1S/C18H24ClN5O2/c1-3-20-18(24(2)11-13-8-9-25-12-13)21-10-16-22-17(23-26-16)14-4-6-15(19)7-5-14/h4-7,13H,3,8-12H2,1-2H3,(H,20,21). The Balaban J connectivity index is 1.64. The van der Waals surface area contributed by atoms with Crippen molar-refractivity contribution in [3.8, 4) is 11.4 Å². The number of aliphatic imine (C=N–C) groups is 1. The smallest absolute Gasteiger partial charge is 0.248 e. The van der Waals surface area contributed by atoms with Crippen LogP contribution in [0.1, 0.15) is 19.2 Å². The van der Waals surface area contributed by atoms with E-state index in [0.717, 1.165) is 44.2 Å². The van der Waals surface area contributed by atoms with E-state index < -0.39 is 0 Å². The highest BCUT2D eigenvalue weighted by molar-refractivity contribution is 6.30. The van der Waals surface area contributed by atoms with Crippen molar-refractivity contribution in [3.05, 3.63) is 35.2 Å². The number of nitrogens with zero attached hydrogens (tertiary/aromatic N) is 4. The SMILES string of the molecule is CCNC(=NCc1nc(-c2ccc(Cl)cc2)no1)N(C)CC1CCOC1. The van der Waals surface area contributed by atoms with Crippen molar-refractivity contribution in [2.45, 2.75) is 19.9 Å². The summed E-state index contributed by atoms with van der Waals surface area (Å²) in [5.74, 6) is 2.38. The summed E-state index contributed by atoms with van der Waals surface area (Å²) in [6.07, 6.45) is 1.10. The molecule has 1 aromatic heterocycles. The quantitative estimate of drug-likeness (QED) is 0.616. The second-order valence-corrected chi connectivity index (χ2v) is 6.74. The molecule has 140 valence electrons. The van der Waals surface area contributed by atoms with Crippen LogP contribution < -0.4 is 5.32 Å². The third-order valence-electron chi connectivity index (χ3n) is 4.19. The van der Waals surface area contributed by atoms with Gasteiger partial charge < -0.3 is 19.5 Å². The van der Waals surface area contributed by atoms with E-state index in [1.165, 1.54) is 0 Å². The molecule has 0 amide bonds. The third-order valence-corrected chi connectivity index (χ3v) is 4.44. The Kier molecular flexibility index (Phi) is 6.46. The molecular weight excluding hydrogens is 354 g/mol. The Morgan fingerprint density at radius 3 is 2.88 bits per heavy atom. The van der Waals surface area contributed by atoms with E-state index >= 15 is 0 Å². The maximum absolute atomic E-state index is 5.91. The summed E-state index contributed by atoms with van der Waals surface area (Å²) in [6, 6.07) is 7.33. The van der Waals surface area contributed by atoms with Crippen molar-refractivity contribution < 1.29 is 9.26 Å². The van der Waals surface area contributed by atoms with E-state index in [1.54, 1.807) is 12.1 Å². The number of rotatable bonds is 6. The molecule has 7 nitrogen and oxygen atoms in total. The highest BCUT2D eigenvalue weighted by Crippen LogP contribution is 2.19. The lowest BCUT2D eigenvalue weighted by Gasteiger charge is -2.24. The number of hydrogen-bond donors (Lipinski definition) is 1. The van der Waals surface area contributed by atoms with Crippen LogP contribution >= 0.6 is 11.6 Å². The lowest BCUT2D eigenvalue weighted by Crippen LogP contribution is -2.41. The fourth-order valence-corrected chi connectivity index (χ4v) is 2.97. The van der Waals surface area contributed by atoms with Gasteiger partial charge in [0.15, 0.2) is 5.96 Å². The zero-order chi connectivity index (χ0) is 18.4. The molecule has 1 aromatic carbocycles. The average molecular weight is 378 g/mol. The molecule has 3 rings (SSSR count). The molecule has 1 saturated heterocycles. The van der Waals surface area contributed by atoms with Crippen molar-refractivity contribution in [2.75, 3.05) is 33.4 Å². The van der Waals surface area contributed by atoms with Gasteiger partial charge >= 0.3 is 0 Å². The van der Waals surface area contributed by atoms with Gasteiger partial charge in [0.1, 0.15) is 6.54 Å². The van der Waals surface area contributed by atoms with E-state index in [9.17, 15) is 0 Å². The summed E-state index contributed by atoms with van der Waals surface area (Å²) in [5, 5.41) is 8.00. The minimum absolute atomic E-state index is 0.328. The second-order valence-electron chi connectivity index (χ2n) is 6.30. The summed E-state index contributed by atoms with van der Waals surface area (Å²) in [6.45, 7) is 5.75. The summed E-state index contributed by atoms with van der Waals surface area (Å²) < 4.78 is 10.8. The largest absolute Gasteiger partial charge is 0.381 e. The predicted octanol–water partition coefficient (Wildman–Crippen LogP) is 2.82. The fraction of sp³-hybridized carbons (Fsp3) is 0.500. The fourth-order valence-electron chi connectivity index (χ4n) is 2.85. The molecule has 26 heavy (non-hydrogen) atoms. The lowest BCUT2D eigenvalue weighted by molar-refractivity contribution is 0.181. The topological polar surface area (TPSA) is 75.8 Å². The number of hydrogen-bond acceptors (Lipinski definition) is 5. The normalized spacial score (nSPS) is 17.5. The van der Waals surface area contributed by atoms with Gasteiger partial charge in [0, 0.05) is 43.2 Å². The molecular formula is C18H24ClN5O2. The molecule has 1 atom stereocenters. The van der Waals surface area contributed by atoms with Crippen LogP contribution in [0, 0.1) is 5.92 Å². The first-order valence-electron chi connectivity index (χ1n) is 8.81. The zero-order valence-corrected chi connectivity index (χ0v) is 15.9. The van der Waals surface area contributed by atoms with Crippen LogP contribution in [-0.4, -0.2) is 54.4 Å². The maximum atomic E-state index is 5.91. The first-order chi connectivity index (χ1) is 12.7. The molecule has 2 aromatic rings. The lowest BCUT2D eigenvalue weighted by atomic mass is 10.1. The Morgan fingerprint density at radius 2 is 2.19 bits per heavy atom. The molecule has 1 aliphatic rings. The monoisotopic (exact) mass is 377 g/mol. The Morgan fingerprint density at radius 1 is 1.38 bits per heavy atom. The molecule has 0 spiro atoms. The molecule has 0 radical (unpaired) electrons. The number of ether oxygens (including phenoxy) is 1. The van der Waals surface area contributed by atoms with Crippen LogP contribution in [0.25, 0.3) is 11.4 Å². The Bertz CT molecular complexity index is 725. The van der Waals surface area contributed by atoms with Crippen molar-refractivity contribution in [2.24, 2.45) is 10.9 Å². The van der Waals surface area contributed by atoms with Crippen molar-refractivity contribution in [1.29, 1.82) is 0 Å². The number of guanidine groups is 1. The predicted molar refractivity (Wildman–Crippen MR) is 101 cm³/mol. The van der Waals surface area contributed by atoms with Crippen molar-refractivity contribution in [3.63, 3.8) is 0 Å². The maximum Gasteiger partial charge on any atom is 0.248 e. The summed E-state index contributed by atoms with van der Waals surface area (Å²) in [7, 11) is 2.03. The molecule has 8 heteroatoms.